The van der Waals surface area contributed by atoms with Crippen LogP contribution in [0.5, 0.6) is 0 Å². The zero-order valence-corrected chi connectivity index (χ0v) is 21.5. The molecule has 0 fully saturated rings. The minimum Gasteiger partial charge on any atom is -0.466 e. The maximum absolute atomic E-state index is 12.8. The number of hydrogen-bond acceptors (Lipinski definition) is 7. The lowest BCUT2D eigenvalue weighted by atomic mass is 9.80. The van der Waals surface area contributed by atoms with Crippen molar-refractivity contribution < 1.29 is 19.1 Å². The fourth-order valence-electron chi connectivity index (χ4n) is 4.10. The molecule has 2 aromatic carbocycles. The van der Waals surface area contributed by atoms with E-state index in [1.807, 2.05) is 53.9 Å². The van der Waals surface area contributed by atoms with E-state index in [-0.39, 0.29) is 0 Å². The van der Waals surface area contributed by atoms with Gasteiger partial charge in [0.05, 0.1) is 37.0 Å². The lowest BCUT2D eigenvalue weighted by Crippen LogP contribution is -2.32. The summed E-state index contributed by atoms with van der Waals surface area (Å²) in [6, 6.07) is 15.7. The van der Waals surface area contributed by atoms with Crippen LogP contribution in [0.3, 0.4) is 0 Å². The van der Waals surface area contributed by atoms with Crippen LogP contribution in [0.25, 0.3) is 21.8 Å². The first-order valence-corrected chi connectivity index (χ1v) is 12.2. The third-order valence-corrected chi connectivity index (χ3v) is 7.10. The van der Waals surface area contributed by atoms with Gasteiger partial charge in [-0.2, -0.15) is 0 Å². The van der Waals surface area contributed by atoms with E-state index < -0.39 is 17.9 Å². The largest absolute Gasteiger partial charge is 0.466 e. The molecule has 0 aliphatic carbocycles. The van der Waals surface area contributed by atoms with E-state index in [1.54, 1.807) is 13.8 Å². The van der Waals surface area contributed by atoms with E-state index in [0.717, 1.165) is 31.9 Å². The van der Waals surface area contributed by atoms with Crippen LogP contribution in [0.1, 0.15) is 25.3 Å². The zero-order chi connectivity index (χ0) is 24.4. The summed E-state index contributed by atoms with van der Waals surface area (Å²) in [5, 5.41) is 5.98. The summed E-state index contributed by atoms with van der Waals surface area (Å²) in [6.07, 6.45) is 0. The lowest BCUT2D eigenvalue weighted by Gasteiger charge is -2.30. The van der Waals surface area contributed by atoms with Crippen molar-refractivity contribution >= 4 is 39.2 Å². The third-order valence-electron chi connectivity index (χ3n) is 5.68. The number of nitrogens with zero attached hydrogens (tertiary/aromatic N) is 1. The second kappa shape index (κ2) is 9.95. The molecule has 0 saturated carbocycles. The van der Waals surface area contributed by atoms with Crippen molar-refractivity contribution in [3.05, 3.63) is 86.5 Å². The summed E-state index contributed by atoms with van der Waals surface area (Å²) in [5.74, 6) is -1.63. The summed E-state index contributed by atoms with van der Waals surface area (Å²) < 4.78 is 11.1. The first kappa shape index (κ1) is 23.9. The van der Waals surface area contributed by atoms with Crippen molar-refractivity contribution in [1.29, 1.82) is 0 Å². The van der Waals surface area contributed by atoms with Crippen LogP contribution in [0.2, 0.25) is 0 Å². The average molecular weight is 539 g/mol. The van der Waals surface area contributed by atoms with Gasteiger partial charge in [-0.25, -0.2) is 14.6 Å². The van der Waals surface area contributed by atoms with Gasteiger partial charge in [0.2, 0.25) is 0 Å². The van der Waals surface area contributed by atoms with Gasteiger partial charge in [0.15, 0.2) is 0 Å². The third kappa shape index (κ3) is 4.56. The Morgan fingerprint density at radius 1 is 0.941 bits per heavy atom. The van der Waals surface area contributed by atoms with E-state index in [9.17, 15) is 9.59 Å². The summed E-state index contributed by atoms with van der Waals surface area (Å²) in [6.45, 7) is 3.60. The SMILES string of the molecule is COC(=O)C1=C(C)NC(C)=C(C(=O)OC)C1c1cccc(-c2nc(-c3ccc(Br)cc3)cs2)c1. The highest BCUT2D eigenvalue weighted by Gasteiger charge is 2.37. The van der Waals surface area contributed by atoms with Gasteiger partial charge in [0.25, 0.3) is 0 Å². The first-order chi connectivity index (χ1) is 16.3. The Morgan fingerprint density at radius 2 is 1.56 bits per heavy atom. The first-order valence-electron chi connectivity index (χ1n) is 10.5. The quantitative estimate of drug-likeness (QED) is 0.412. The number of benzene rings is 2. The van der Waals surface area contributed by atoms with Crippen molar-refractivity contribution in [3.63, 3.8) is 0 Å². The van der Waals surface area contributed by atoms with Gasteiger partial charge in [0.1, 0.15) is 5.01 Å². The van der Waals surface area contributed by atoms with E-state index >= 15 is 0 Å². The number of carbonyl (C=O) groups is 2. The maximum Gasteiger partial charge on any atom is 0.336 e. The number of esters is 2. The van der Waals surface area contributed by atoms with E-state index in [0.29, 0.717) is 22.5 Å². The number of hydrogen-bond donors (Lipinski definition) is 1. The molecular formula is C26H23BrN2O4S. The van der Waals surface area contributed by atoms with Crippen molar-refractivity contribution in [3.8, 4) is 21.8 Å². The van der Waals surface area contributed by atoms with Gasteiger partial charge in [-0.15, -0.1) is 11.3 Å². The number of allylic oxidation sites excluding steroid dienone is 2. The Kier molecular flexibility index (Phi) is 7.00. The number of methoxy groups -OCH3 is 2. The number of carbonyl (C=O) groups excluding carboxylic acids is 2. The molecule has 4 rings (SSSR count). The standard InChI is InChI=1S/C26H23BrN2O4S/c1-14-21(25(30)32-3)23(22(15(2)28-14)26(31)33-4)17-6-5-7-18(12-17)24-29-20(13-34-24)16-8-10-19(27)11-9-16/h5-13,23,28H,1-4H3. The molecular weight excluding hydrogens is 516 g/mol. The maximum atomic E-state index is 12.8. The molecule has 3 aromatic rings. The molecule has 6 nitrogen and oxygen atoms in total. The fraction of sp³-hybridized carbons (Fsp3) is 0.192. The molecule has 0 unspecified atom stereocenters. The van der Waals surface area contributed by atoms with Crippen LogP contribution >= 0.6 is 27.3 Å². The molecule has 0 amide bonds. The van der Waals surface area contributed by atoms with Crippen LogP contribution in [0.15, 0.2) is 80.9 Å². The molecule has 1 aromatic heterocycles. The molecule has 0 bridgehead atoms. The topological polar surface area (TPSA) is 77.5 Å². The van der Waals surface area contributed by atoms with Crippen LogP contribution in [-0.2, 0) is 19.1 Å². The summed E-state index contributed by atoms with van der Waals surface area (Å²) in [4.78, 5) is 30.3. The van der Waals surface area contributed by atoms with Gasteiger partial charge >= 0.3 is 11.9 Å². The number of thiazole rings is 1. The molecule has 8 heteroatoms. The lowest BCUT2D eigenvalue weighted by molar-refractivity contribution is -0.137. The highest BCUT2D eigenvalue weighted by atomic mass is 79.9. The van der Waals surface area contributed by atoms with Gasteiger partial charge in [-0.1, -0.05) is 46.3 Å². The van der Waals surface area contributed by atoms with Crippen molar-refractivity contribution in [2.75, 3.05) is 14.2 Å². The van der Waals surface area contributed by atoms with Gasteiger partial charge < -0.3 is 14.8 Å². The summed E-state index contributed by atoms with van der Waals surface area (Å²) in [7, 11) is 2.66. The highest BCUT2D eigenvalue weighted by molar-refractivity contribution is 9.10. The number of rotatable bonds is 5. The summed E-state index contributed by atoms with van der Waals surface area (Å²) in [5.41, 5.74) is 5.61. The number of halogens is 1. The van der Waals surface area contributed by atoms with E-state index in [2.05, 4.69) is 21.2 Å². The van der Waals surface area contributed by atoms with Crippen molar-refractivity contribution in [1.82, 2.24) is 10.3 Å². The van der Waals surface area contributed by atoms with E-state index in [4.69, 9.17) is 14.5 Å². The molecule has 0 saturated heterocycles. The van der Waals surface area contributed by atoms with Crippen LogP contribution < -0.4 is 5.32 Å². The second-order valence-corrected chi connectivity index (χ2v) is 9.56. The molecule has 1 aliphatic heterocycles. The molecule has 2 heterocycles. The Hall–Kier alpha value is -3.23. The smallest absolute Gasteiger partial charge is 0.336 e. The van der Waals surface area contributed by atoms with Crippen LogP contribution in [0, 0.1) is 0 Å². The van der Waals surface area contributed by atoms with Crippen LogP contribution in [-0.4, -0.2) is 31.1 Å². The average Bonchev–Trinajstić information content (AvgIpc) is 3.33. The number of nitrogens with one attached hydrogen (secondary N) is 1. The molecule has 34 heavy (non-hydrogen) atoms. The van der Waals surface area contributed by atoms with E-state index in [1.165, 1.54) is 25.6 Å². The van der Waals surface area contributed by atoms with Gasteiger partial charge in [-0.05, 0) is 37.6 Å². The minimum atomic E-state index is -0.632. The van der Waals surface area contributed by atoms with Crippen molar-refractivity contribution in [2.45, 2.75) is 19.8 Å². The Labute approximate surface area is 210 Å². The predicted molar refractivity (Wildman–Crippen MR) is 136 cm³/mol. The second-order valence-electron chi connectivity index (χ2n) is 7.79. The monoisotopic (exact) mass is 538 g/mol. The van der Waals surface area contributed by atoms with Gasteiger partial charge in [0, 0.05) is 32.4 Å². The Morgan fingerprint density at radius 3 is 2.15 bits per heavy atom. The normalized spacial score (nSPS) is 14.1. The van der Waals surface area contributed by atoms with Crippen LogP contribution in [0.4, 0.5) is 0 Å². The molecule has 1 N–H and O–H groups in total. The van der Waals surface area contributed by atoms with Crippen molar-refractivity contribution in [2.24, 2.45) is 0 Å². The molecule has 174 valence electrons. The molecule has 0 spiro atoms. The molecule has 0 radical (unpaired) electrons. The summed E-state index contributed by atoms with van der Waals surface area (Å²) >= 11 is 5.00. The molecule has 1 aliphatic rings. The highest BCUT2D eigenvalue weighted by Crippen LogP contribution is 2.40. The Balaban J connectivity index is 1.79. The Bertz CT molecular complexity index is 1290. The number of dihydropyridines is 1. The zero-order valence-electron chi connectivity index (χ0n) is 19.1. The minimum absolute atomic E-state index is 0.375. The number of aromatic nitrogens is 1. The predicted octanol–water partition coefficient (Wildman–Crippen LogP) is 5.82. The van der Waals surface area contributed by atoms with Gasteiger partial charge in [-0.3, -0.25) is 0 Å². The number of ether oxygens (including phenoxy) is 2. The molecule has 0 atom stereocenters. The fourth-order valence-corrected chi connectivity index (χ4v) is 5.19.